The third-order valence-corrected chi connectivity index (χ3v) is 3.74. The Morgan fingerprint density at radius 3 is 2.89 bits per heavy atom. The molecule has 1 fully saturated rings. The Balaban J connectivity index is 1.67. The molecule has 1 aromatic carbocycles. The zero-order valence-electron chi connectivity index (χ0n) is 12.2. The maximum absolute atomic E-state index is 5.78. The minimum atomic E-state index is 0.641. The molecule has 1 unspecified atom stereocenters. The van der Waals surface area contributed by atoms with Crippen LogP contribution in [0.15, 0.2) is 24.3 Å². The van der Waals surface area contributed by atoms with E-state index in [0.29, 0.717) is 6.04 Å². The van der Waals surface area contributed by atoms with Crippen molar-refractivity contribution in [1.29, 1.82) is 0 Å². The molecule has 0 radical (unpaired) electrons. The molecule has 3 heteroatoms. The molecule has 1 aliphatic rings. The predicted octanol–water partition coefficient (Wildman–Crippen LogP) is 2.45. The Hall–Kier alpha value is -1.06. The highest BCUT2D eigenvalue weighted by Crippen LogP contribution is 2.12. The second-order valence-electron chi connectivity index (χ2n) is 5.46. The summed E-state index contributed by atoms with van der Waals surface area (Å²) in [6.07, 6.45) is 2.35. The molecule has 0 spiro atoms. The number of nitrogens with one attached hydrogen (secondary N) is 1. The van der Waals surface area contributed by atoms with Gasteiger partial charge in [0.1, 0.15) is 5.75 Å². The number of nitrogens with zero attached hydrogens (tertiary/aromatic N) is 1. The molecule has 2 rings (SSSR count). The van der Waals surface area contributed by atoms with E-state index in [1.54, 1.807) is 0 Å². The smallest absolute Gasteiger partial charge is 0.119 e. The Bertz CT molecular complexity index is 364. The van der Waals surface area contributed by atoms with E-state index in [-0.39, 0.29) is 0 Å². The molecule has 0 bridgehead atoms. The summed E-state index contributed by atoms with van der Waals surface area (Å²) in [7, 11) is 0. The molecule has 106 valence electrons. The Kier molecular flexibility index (Phi) is 5.67. The first kappa shape index (κ1) is 14.4. The molecular weight excluding hydrogens is 236 g/mol. The molecule has 0 aromatic heterocycles. The molecule has 19 heavy (non-hydrogen) atoms. The Morgan fingerprint density at radius 1 is 1.32 bits per heavy atom. The third kappa shape index (κ3) is 4.84. The van der Waals surface area contributed by atoms with Crippen molar-refractivity contribution in [2.24, 2.45) is 0 Å². The van der Waals surface area contributed by atoms with Crippen LogP contribution in [0.3, 0.4) is 0 Å². The van der Waals surface area contributed by atoms with Gasteiger partial charge in [0.2, 0.25) is 0 Å². The van der Waals surface area contributed by atoms with Crippen molar-refractivity contribution < 1.29 is 4.74 Å². The summed E-state index contributed by atoms with van der Waals surface area (Å²) >= 11 is 0. The van der Waals surface area contributed by atoms with E-state index in [2.05, 4.69) is 36.2 Å². The first-order chi connectivity index (χ1) is 9.25. The second-order valence-corrected chi connectivity index (χ2v) is 5.46. The number of benzene rings is 1. The highest BCUT2D eigenvalue weighted by Gasteiger charge is 2.15. The van der Waals surface area contributed by atoms with Crippen LogP contribution in [-0.2, 0) is 0 Å². The highest BCUT2D eigenvalue weighted by molar-refractivity contribution is 5.26. The lowest BCUT2D eigenvalue weighted by molar-refractivity contribution is 0.199. The normalized spacial score (nSPS) is 21.1. The molecule has 0 saturated carbocycles. The van der Waals surface area contributed by atoms with Crippen molar-refractivity contribution >= 4 is 0 Å². The number of aryl methyl sites for hydroxylation is 1. The lowest BCUT2D eigenvalue weighted by atomic mass is 10.2. The summed E-state index contributed by atoms with van der Waals surface area (Å²) in [5.41, 5.74) is 1.28. The summed E-state index contributed by atoms with van der Waals surface area (Å²) in [6, 6.07) is 8.93. The summed E-state index contributed by atoms with van der Waals surface area (Å²) in [6.45, 7) is 9.81. The van der Waals surface area contributed by atoms with Crippen molar-refractivity contribution in [2.75, 3.05) is 32.8 Å². The maximum atomic E-state index is 5.78. The zero-order valence-corrected chi connectivity index (χ0v) is 12.2. The van der Waals surface area contributed by atoms with E-state index in [1.165, 1.54) is 18.5 Å². The van der Waals surface area contributed by atoms with Crippen LogP contribution in [0.1, 0.15) is 25.3 Å². The van der Waals surface area contributed by atoms with E-state index in [4.69, 9.17) is 4.74 Å². The molecule has 1 N–H and O–H groups in total. The fraction of sp³-hybridized carbons (Fsp3) is 0.625. The van der Waals surface area contributed by atoms with Gasteiger partial charge in [-0.3, -0.25) is 4.90 Å². The molecule has 3 nitrogen and oxygen atoms in total. The van der Waals surface area contributed by atoms with E-state index >= 15 is 0 Å². The van der Waals surface area contributed by atoms with E-state index in [9.17, 15) is 0 Å². The van der Waals surface area contributed by atoms with Crippen LogP contribution in [0.4, 0.5) is 0 Å². The van der Waals surface area contributed by atoms with Gasteiger partial charge in [0, 0.05) is 19.1 Å². The summed E-state index contributed by atoms with van der Waals surface area (Å²) < 4.78 is 5.78. The number of hydrogen-bond donors (Lipinski definition) is 1. The lowest BCUT2D eigenvalue weighted by Gasteiger charge is -2.26. The predicted molar refractivity (Wildman–Crippen MR) is 79.8 cm³/mol. The van der Waals surface area contributed by atoms with Crippen LogP contribution >= 0.6 is 0 Å². The summed E-state index contributed by atoms with van der Waals surface area (Å²) in [4.78, 5) is 2.57. The average molecular weight is 262 g/mol. The van der Waals surface area contributed by atoms with Crippen molar-refractivity contribution in [2.45, 2.75) is 32.7 Å². The van der Waals surface area contributed by atoms with Gasteiger partial charge in [-0.2, -0.15) is 0 Å². The van der Waals surface area contributed by atoms with Crippen LogP contribution in [0, 0.1) is 6.92 Å². The Labute approximate surface area is 116 Å². The summed E-state index contributed by atoms with van der Waals surface area (Å²) in [5.74, 6) is 0.983. The maximum Gasteiger partial charge on any atom is 0.119 e. The van der Waals surface area contributed by atoms with Gasteiger partial charge in [0.15, 0.2) is 0 Å². The van der Waals surface area contributed by atoms with E-state index in [0.717, 1.165) is 38.4 Å². The first-order valence-electron chi connectivity index (χ1n) is 7.40. The fourth-order valence-corrected chi connectivity index (χ4v) is 2.49. The molecular formula is C16H26N2O. The molecule has 0 aliphatic carbocycles. The molecule has 1 aliphatic heterocycles. The monoisotopic (exact) mass is 262 g/mol. The van der Waals surface area contributed by atoms with Gasteiger partial charge in [0.25, 0.3) is 0 Å². The van der Waals surface area contributed by atoms with Crippen LogP contribution < -0.4 is 10.1 Å². The van der Waals surface area contributed by atoms with Crippen molar-refractivity contribution in [3.63, 3.8) is 0 Å². The van der Waals surface area contributed by atoms with Gasteiger partial charge in [-0.1, -0.05) is 17.7 Å². The van der Waals surface area contributed by atoms with Gasteiger partial charge in [-0.25, -0.2) is 0 Å². The average Bonchev–Trinajstić information content (AvgIpc) is 2.62. The minimum Gasteiger partial charge on any atom is -0.494 e. The number of ether oxygens (including phenoxy) is 1. The zero-order chi connectivity index (χ0) is 13.5. The van der Waals surface area contributed by atoms with Gasteiger partial charge in [0.05, 0.1) is 6.61 Å². The minimum absolute atomic E-state index is 0.641. The second kappa shape index (κ2) is 7.51. The molecule has 1 aromatic rings. The van der Waals surface area contributed by atoms with E-state index in [1.807, 2.05) is 12.1 Å². The van der Waals surface area contributed by atoms with Crippen LogP contribution in [-0.4, -0.2) is 43.7 Å². The Morgan fingerprint density at radius 2 is 2.11 bits per heavy atom. The van der Waals surface area contributed by atoms with Gasteiger partial charge >= 0.3 is 0 Å². The van der Waals surface area contributed by atoms with Crippen molar-refractivity contribution in [3.05, 3.63) is 29.8 Å². The third-order valence-electron chi connectivity index (χ3n) is 3.74. The quantitative estimate of drug-likeness (QED) is 0.825. The number of rotatable bonds is 5. The summed E-state index contributed by atoms with van der Waals surface area (Å²) in [5, 5.41) is 3.48. The van der Waals surface area contributed by atoms with Gasteiger partial charge in [-0.15, -0.1) is 0 Å². The molecule has 1 atom stereocenters. The first-order valence-corrected chi connectivity index (χ1v) is 7.40. The van der Waals surface area contributed by atoms with Crippen LogP contribution in [0.2, 0.25) is 0 Å². The molecule has 1 saturated heterocycles. The standard InChI is InChI=1S/C16H26N2O/c1-14-5-7-16(8-6-14)19-12-4-11-18-10-3-9-17-13-15(18)2/h5-8,15,17H,3-4,9-13H2,1-2H3. The fourth-order valence-electron chi connectivity index (χ4n) is 2.49. The SMILES string of the molecule is Cc1ccc(OCCCN2CCCNCC2C)cc1. The lowest BCUT2D eigenvalue weighted by Crippen LogP contribution is -2.38. The van der Waals surface area contributed by atoms with Crippen molar-refractivity contribution in [1.82, 2.24) is 10.2 Å². The van der Waals surface area contributed by atoms with E-state index < -0.39 is 0 Å². The van der Waals surface area contributed by atoms with Gasteiger partial charge < -0.3 is 10.1 Å². The van der Waals surface area contributed by atoms with Crippen molar-refractivity contribution in [3.8, 4) is 5.75 Å². The van der Waals surface area contributed by atoms with Crippen LogP contribution in [0.5, 0.6) is 5.75 Å². The number of hydrogen-bond acceptors (Lipinski definition) is 3. The van der Waals surface area contributed by atoms with Gasteiger partial charge in [-0.05, 0) is 51.9 Å². The largest absolute Gasteiger partial charge is 0.494 e. The molecule has 1 heterocycles. The molecule has 0 amide bonds. The van der Waals surface area contributed by atoms with Crippen LogP contribution in [0.25, 0.3) is 0 Å². The highest BCUT2D eigenvalue weighted by atomic mass is 16.5. The topological polar surface area (TPSA) is 24.5 Å².